The van der Waals surface area contributed by atoms with Gasteiger partial charge in [0.15, 0.2) is 0 Å². The van der Waals surface area contributed by atoms with Crippen LogP contribution in [0.25, 0.3) is 0 Å². The van der Waals surface area contributed by atoms with Gasteiger partial charge >= 0.3 is 0 Å². The fourth-order valence-electron chi connectivity index (χ4n) is 3.26. The largest absolute Gasteiger partial charge is 0.329 e. The molecule has 1 aliphatic carbocycles. The van der Waals surface area contributed by atoms with Crippen LogP contribution in [-0.4, -0.2) is 54.6 Å². The highest BCUT2D eigenvalue weighted by molar-refractivity contribution is 4.93. The van der Waals surface area contributed by atoms with Gasteiger partial charge in [0, 0.05) is 38.3 Å². The molecule has 0 amide bonds. The predicted molar refractivity (Wildman–Crippen MR) is 73.1 cm³/mol. The van der Waals surface area contributed by atoms with Crippen molar-refractivity contribution in [1.29, 1.82) is 0 Å². The Kier molecular flexibility index (Phi) is 4.45. The van der Waals surface area contributed by atoms with Gasteiger partial charge in [-0.25, -0.2) is 0 Å². The van der Waals surface area contributed by atoms with Crippen LogP contribution >= 0.6 is 0 Å². The van der Waals surface area contributed by atoms with Crippen LogP contribution in [0.5, 0.6) is 0 Å². The molecule has 17 heavy (non-hydrogen) atoms. The molecule has 0 spiro atoms. The molecule has 1 unspecified atom stereocenters. The minimum Gasteiger partial charge on any atom is -0.329 e. The molecular formula is C14H29N3. The van der Waals surface area contributed by atoms with Crippen LogP contribution in [0.4, 0.5) is 0 Å². The van der Waals surface area contributed by atoms with Crippen LogP contribution in [0.1, 0.15) is 39.5 Å². The van der Waals surface area contributed by atoms with E-state index in [4.69, 9.17) is 5.73 Å². The number of nitrogens with two attached hydrogens (primary N) is 1. The zero-order valence-corrected chi connectivity index (χ0v) is 11.6. The van der Waals surface area contributed by atoms with Crippen molar-refractivity contribution in [1.82, 2.24) is 9.80 Å². The van der Waals surface area contributed by atoms with Crippen molar-refractivity contribution in [3.63, 3.8) is 0 Å². The van der Waals surface area contributed by atoms with E-state index in [2.05, 4.69) is 23.6 Å². The molecule has 2 aliphatic rings. The zero-order chi connectivity index (χ0) is 12.3. The van der Waals surface area contributed by atoms with Gasteiger partial charge in [0.25, 0.3) is 0 Å². The third-order valence-corrected chi connectivity index (χ3v) is 4.98. The van der Waals surface area contributed by atoms with Crippen molar-refractivity contribution in [2.24, 2.45) is 11.7 Å². The number of hydrogen-bond donors (Lipinski definition) is 1. The summed E-state index contributed by atoms with van der Waals surface area (Å²) in [4.78, 5) is 5.19. The molecule has 1 heterocycles. The van der Waals surface area contributed by atoms with Gasteiger partial charge in [0.2, 0.25) is 0 Å². The first-order valence-corrected chi connectivity index (χ1v) is 7.35. The van der Waals surface area contributed by atoms with Crippen LogP contribution < -0.4 is 5.73 Å². The molecule has 0 aromatic rings. The summed E-state index contributed by atoms with van der Waals surface area (Å²) in [5.41, 5.74) is 6.33. The summed E-state index contributed by atoms with van der Waals surface area (Å²) in [6, 6.07) is 0. The quantitative estimate of drug-likeness (QED) is 0.790. The van der Waals surface area contributed by atoms with Crippen molar-refractivity contribution in [3.8, 4) is 0 Å². The lowest BCUT2D eigenvalue weighted by Gasteiger charge is -2.48. The first kappa shape index (κ1) is 13.3. The second kappa shape index (κ2) is 5.68. The Morgan fingerprint density at radius 3 is 2.24 bits per heavy atom. The first-order valence-electron chi connectivity index (χ1n) is 7.35. The third kappa shape index (κ3) is 3.01. The molecule has 2 fully saturated rings. The van der Waals surface area contributed by atoms with Gasteiger partial charge in [0.05, 0.1) is 0 Å². The summed E-state index contributed by atoms with van der Waals surface area (Å²) in [7, 11) is 0. The number of hydrogen-bond acceptors (Lipinski definition) is 3. The van der Waals surface area contributed by atoms with Crippen LogP contribution in [0.15, 0.2) is 0 Å². The second-order valence-corrected chi connectivity index (χ2v) is 6.12. The monoisotopic (exact) mass is 239 g/mol. The van der Waals surface area contributed by atoms with E-state index >= 15 is 0 Å². The van der Waals surface area contributed by atoms with E-state index in [0.717, 1.165) is 12.5 Å². The molecule has 3 nitrogen and oxygen atoms in total. The normalized spacial score (nSPS) is 27.7. The number of piperazine rings is 1. The van der Waals surface area contributed by atoms with Crippen molar-refractivity contribution in [2.45, 2.75) is 45.1 Å². The SMILES string of the molecule is CCN1CCN(C(C)(CN)CC2CCC2)CC1. The van der Waals surface area contributed by atoms with Gasteiger partial charge in [-0.2, -0.15) is 0 Å². The lowest BCUT2D eigenvalue weighted by atomic mass is 9.75. The molecule has 1 atom stereocenters. The van der Waals surface area contributed by atoms with Crippen LogP contribution in [-0.2, 0) is 0 Å². The standard InChI is InChI=1S/C14H29N3/c1-3-16-7-9-17(10-8-16)14(2,12-15)11-13-5-4-6-13/h13H,3-12,15H2,1-2H3. The van der Waals surface area contributed by atoms with Crippen LogP contribution in [0.3, 0.4) is 0 Å². The van der Waals surface area contributed by atoms with E-state index in [-0.39, 0.29) is 5.54 Å². The number of rotatable bonds is 5. The minimum atomic E-state index is 0.255. The Morgan fingerprint density at radius 1 is 1.18 bits per heavy atom. The van der Waals surface area contributed by atoms with Crippen molar-refractivity contribution >= 4 is 0 Å². The first-order chi connectivity index (χ1) is 8.18. The molecule has 0 bridgehead atoms. The van der Waals surface area contributed by atoms with E-state index in [1.165, 1.54) is 58.4 Å². The molecule has 3 heteroatoms. The van der Waals surface area contributed by atoms with Crippen LogP contribution in [0.2, 0.25) is 0 Å². The molecule has 0 aromatic carbocycles. The van der Waals surface area contributed by atoms with Gasteiger partial charge in [-0.1, -0.05) is 26.2 Å². The molecule has 0 radical (unpaired) electrons. The Morgan fingerprint density at radius 2 is 1.82 bits per heavy atom. The molecule has 1 aliphatic heterocycles. The summed E-state index contributed by atoms with van der Waals surface area (Å²) in [5, 5.41) is 0. The summed E-state index contributed by atoms with van der Waals surface area (Å²) in [5.74, 6) is 0.952. The Bertz CT molecular complexity index is 232. The van der Waals surface area contributed by atoms with E-state index in [1.807, 2.05) is 0 Å². The van der Waals surface area contributed by atoms with E-state index in [0.29, 0.717) is 0 Å². The highest BCUT2D eigenvalue weighted by atomic mass is 15.3. The Balaban J connectivity index is 1.88. The van der Waals surface area contributed by atoms with Crippen molar-refractivity contribution in [3.05, 3.63) is 0 Å². The smallest absolute Gasteiger partial charge is 0.0307 e. The molecule has 2 N–H and O–H groups in total. The van der Waals surface area contributed by atoms with Crippen molar-refractivity contribution < 1.29 is 0 Å². The minimum absolute atomic E-state index is 0.255. The maximum Gasteiger partial charge on any atom is 0.0307 e. The third-order valence-electron chi connectivity index (χ3n) is 4.98. The molecule has 0 aromatic heterocycles. The Hall–Kier alpha value is -0.120. The fraction of sp³-hybridized carbons (Fsp3) is 1.00. The molecular weight excluding hydrogens is 210 g/mol. The van der Waals surface area contributed by atoms with Gasteiger partial charge < -0.3 is 10.6 Å². The van der Waals surface area contributed by atoms with Gasteiger partial charge in [-0.15, -0.1) is 0 Å². The number of nitrogens with zero attached hydrogens (tertiary/aromatic N) is 2. The highest BCUT2D eigenvalue weighted by Gasteiger charge is 2.36. The summed E-state index contributed by atoms with van der Waals surface area (Å²) >= 11 is 0. The number of likely N-dealkylation sites (N-methyl/N-ethyl adjacent to an activating group) is 1. The molecule has 2 rings (SSSR count). The van der Waals surface area contributed by atoms with Gasteiger partial charge in [-0.3, -0.25) is 4.90 Å². The summed E-state index contributed by atoms with van der Waals surface area (Å²) in [6.45, 7) is 11.5. The van der Waals surface area contributed by atoms with E-state index in [1.54, 1.807) is 0 Å². The lowest BCUT2D eigenvalue weighted by molar-refractivity contribution is 0.0245. The Labute approximate surface area is 106 Å². The maximum absolute atomic E-state index is 6.08. The van der Waals surface area contributed by atoms with E-state index < -0.39 is 0 Å². The van der Waals surface area contributed by atoms with Gasteiger partial charge in [0.1, 0.15) is 0 Å². The van der Waals surface area contributed by atoms with E-state index in [9.17, 15) is 0 Å². The fourth-order valence-corrected chi connectivity index (χ4v) is 3.26. The lowest BCUT2D eigenvalue weighted by Crippen LogP contribution is -2.59. The molecule has 100 valence electrons. The molecule has 1 saturated heterocycles. The maximum atomic E-state index is 6.08. The summed E-state index contributed by atoms with van der Waals surface area (Å²) < 4.78 is 0. The second-order valence-electron chi connectivity index (χ2n) is 6.12. The summed E-state index contributed by atoms with van der Waals surface area (Å²) in [6.07, 6.45) is 5.62. The molecule has 1 saturated carbocycles. The zero-order valence-electron chi connectivity index (χ0n) is 11.6. The van der Waals surface area contributed by atoms with Crippen molar-refractivity contribution in [2.75, 3.05) is 39.3 Å². The van der Waals surface area contributed by atoms with Gasteiger partial charge in [-0.05, 0) is 25.8 Å². The predicted octanol–water partition coefficient (Wildman–Crippen LogP) is 1.53. The highest BCUT2D eigenvalue weighted by Crippen LogP contribution is 2.36. The topological polar surface area (TPSA) is 32.5 Å². The van der Waals surface area contributed by atoms with Crippen LogP contribution in [0, 0.1) is 5.92 Å². The average molecular weight is 239 g/mol. The average Bonchev–Trinajstić information content (AvgIpc) is 2.34.